The van der Waals surface area contributed by atoms with E-state index in [1.807, 2.05) is 0 Å². The molecule has 2 N–H and O–H groups in total. The summed E-state index contributed by atoms with van der Waals surface area (Å²) in [4.78, 5) is 4.42. The zero-order chi connectivity index (χ0) is 10.8. The summed E-state index contributed by atoms with van der Waals surface area (Å²) < 4.78 is 11.2. The van der Waals surface area contributed by atoms with Gasteiger partial charge in [-0.3, -0.25) is 0 Å². The van der Waals surface area contributed by atoms with Gasteiger partial charge < -0.3 is 14.9 Å². The highest BCUT2D eigenvalue weighted by atomic mass is 16.5. The lowest BCUT2D eigenvalue weighted by Gasteiger charge is -2.09. The Morgan fingerprint density at radius 1 is 1.53 bits per heavy atom. The first-order chi connectivity index (χ1) is 7.22. The van der Waals surface area contributed by atoms with E-state index < -0.39 is 0 Å². The molecule has 1 unspecified atom stereocenters. The Labute approximate surface area is 89.8 Å². The monoisotopic (exact) mass is 210 g/mol. The van der Waals surface area contributed by atoms with Crippen molar-refractivity contribution >= 4 is 0 Å². The predicted molar refractivity (Wildman–Crippen MR) is 56.4 cm³/mol. The number of nitrogens with two attached hydrogens (primary N) is 1. The number of rotatable bonds is 3. The van der Waals surface area contributed by atoms with Gasteiger partial charge in [-0.05, 0) is 12.8 Å². The number of oxazole rings is 1. The highest BCUT2D eigenvalue weighted by Crippen LogP contribution is 2.33. The molecule has 0 amide bonds. The highest BCUT2D eigenvalue weighted by molar-refractivity contribution is 5.17. The van der Waals surface area contributed by atoms with Gasteiger partial charge in [0.05, 0.1) is 6.54 Å². The minimum absolute atomic E-state index is 0.117. The summed E-state index contributed by atoms with van der Waals surface area (Å²) in [5, 5.41) is 0. The molecule has 1 aliphatic rings. The van der Waals surface area contributed by atoms with Crippen molar-refractivity contribution in [1.29, 1.82) is 0 Å². The fourth-order valence-corrected chi connectivity index (χ4v) is 1.92. The van der Waals surface area contributed by atoms with Crippen LogP contribution in [0.2, 0.25) is 0 Å². The van der Waals surface area contributed by atoms with Crippen molar-refractivity contribution in [3.63, 3.8) is 0 Å². The normalized spacial score (nSPS) is 21.5. The van der Waals surface area contributed by atoms with E-state index in [2.05, 4.69) is 18.8 Å². The second-order valence-electron chi connectivity index (χ2n) is 4.22. The second-order valence-corrected chi connectivity index (χ2v) is 4.22. The fourth-order valence-electron chi connectivity index (χ4n) is 1.92. The first-order valence-corrected chi connectivity index (χ1v) is 5.53. The Balaban J connectivity index is 2.30. The van der Waals surface area contributed by atoms with Gasteiger partial charge in [-0.1, -0.05) is 13.8 Å². The van der Waals surface area contributed by atoms with Crippen LogP contribution in [0, 0.1) is 0 Å². The molecule has 2 heterocycles. The highest BCUT2D eigenvalue weighted by Gasteiger charge is 2.26. The van der Waals surface area contributed by atoms with Gasteiger partial charge >= 0.3 is 0 Å². The molecule has 1 aliphatic heterocycles. The van der Waals surface area contributed by atoms with Gasteiger partial charge in [0.25, 0.3) is 0 Å². The maximum atomic E-state index is 5.62. The standard InChI is InChI=1S/C11H18N2O2/c1-7(2)11-10(8-4-3-5-14-8)13-9(6-12)15-11/h7-8H,3-6,12H2,1-2H3. The van der Waals surface area contributed by atoms with Crippen LogP contribution in [-0.2, 0) is 11.3 Å². The Hall–Kier alpha value is -0.870. The van der Waals surface area contributed by atoms with Gasteiger partial charge in [-0.15, -0.1) is 0 Å². The van der Waals surface area contributed by atoms with E-state index in [1.54, 1.807) is 0 Å². The molecule has 1 atom stereocenters. The second kappa shape index (κ2) is 4.33. The number of hydrogen-bond donors (Lipinski definition) is 1. The van der Waals surface area contributed by atoms with Crippen LogP contribution >= 0.6 is 0 Å². The van der Waals surface area contributed by atoms with E-state index in [0.29, 0.717) is 18.4 Å². The minimum atomic E-state index is 0.117. The Kier molecular flexibility index (Phi) is 3.07. The third-order valence-electron chi connectivity index (χ3n) is 2.66. The predicted octanol–water partition coefficient (Wildman–Crippen LogP) is 2.11. The summed E-state index contributed by atoms with van der Waals surface area (Å²) in [5.74, 6) is 1.88. The largest absolute Gasteiger partial charge is 0.444 e. The summed E-state index contributed by atoms with van der Waals surface area (Å²) in [5.41, 5.74) is 6.49. The molecule has 1 aromatic rings. The summed E-state index contributed by atoms with van der Waals surface area (Å²) in [7, 11) is 0. The Morgan fingerprint density at radius 3 is 2.87 bits per heavy atom. The molecule has 1 fully saturated rings. The lowest BCUT2D eigenvalue weighted by Crippen LogP contribution is -2.02. The third kappa shape index (κ3) is 2.06. The van der Waals surface area contributed by atoms with Crippen molar-refractivity contribution in [2.75, 3.05) is 6.61 Å². The molecule has 0 bridgehead atoms. The van der Waals surface area contributed by atoms with Crippen LogP contribution in [0.4, 0.5) is 0 Å². The van der Waals surface area contributed by atoms with Crippen molar-refractivity contribution in [2.45, 2.75) is 45.3 Å². The van der Waals surface area contributed by atoms with Crippen molar-refractivity contribution in [3.05, 3.63) is 17.3 Å². The quantitative estimate of drug-likeness (QED) is 0.830. The number of aromatic nitrogens is 1. The lowest BCUT2D eigenvalue weighted by molar-refractivity contribution is 0.107. The van der Waals surface area contributed by atoms with Gasteiger partial charge in [-0.2, -0.15) is 0 Å². The molecule has 0 aromatic carbocycles. The van der Waals surface area contributed by atoms with Gasteiger partial charge in [0.2, 0.25) is 5.89 Å². The minimum Gasteiger partial charge on any atom is -0.444 e. The Bertz CT molecular complexity index is 327. The summed E-state index contributed by atoms with van der Waals surface area (Å²) in [6.07, 6.45) is 2.26. The molecular formula is C11H18N2O2. The molecule has 0 radical (unpaired) electrons. The van der Waals surface area contributed by atoms with Crippen molar-refractivity contribution in [3.8, 4) is 0 Å². The topological polar surface area (TPSA) is 61.3 Å². The maximum absolute atomic E-state index is 5.62. The van der Waals surface area contributed by atoms with Crippen LogP contribution in [0.1, 0.15) is 56.1 Å². The van der Waals surface area contributed by atoms with E-state index in [1.165, 1.54) is 0 Å². The molecule has 1 aromatic heterocycles. The third-order valence-corrected chi connectivity index (χ3v) is 2.66. The smallest absolute Gasteiger partial charge is 0.208 e. The number of nitrogens with zero attached hydrogens (tertiary/aromatic N) is 1. The molecular weight excluding hydrogens is 192 g/mol. The average Bonchev–Trinajstić information content (AvgIpc) is 2.86. The van der Waals surface area contributed by atoms with E-state index in [-0.39, 0.29) is 6.10 Å². The molecule has 2 rings (SSSR count). The van der Waals surface area contributed by atoms with Gasteiger partial charge in [0.15, 0.2) is 0 Å². The van der Waals surface area contributed by atoms with Crippen molar-refractivity contribution < 1.29 is 9.15 Å². The zero-order valence-corrected chi connectivity index (χ0v) is 9.32. The van der Waals surface area contributed by atoms with E-state index in [0.717, 1.165) is 30.9 Å². The lowest BCUT2D eigenvalue weighted by atomic mass is 10.1. The molecule has 1 saturated heterocycles. The molecule has 0 aliphatic carbocycles. The van der Waals surface area contributed by atoms with Gasteiger partial charge in [0.1, 0.15) is 17.6 Å². The maximum Gasteiger partial charge on any atom is 0.208 e. The SMILES string of the molecule is CC(C)c1oc(CN)nc1C1CCCO1. The molecule has 0 spiro atoms. The number of ether oxygens (including phenoxy) is 1. The van der Waals surface area contributed by atoms with Crippen molar-refractivity contribution in [2.24, 2.45) is 5.73 Å². The van der Waals surface area contributed by atoms with Gasteiger partial charge in [0, 0.05) is 12.5 Å². The van der Waals surface area contributed by atoms with E-state index >= 15 is 0 Å². The van der Waals surface area contributed by atoms with Crippen LogP contribution < -0.4 is 5.73 Å². The molecule has 4 nitrogen and oxygen atoms in total. The summed E-state index contributed by atoms with van der Waals surface area (Å²) in [6, 6.07) is 0. The van der Waals surface area contributed by atoms with Crippen LogP contribution in [-0.4, -0.2) is 11.6 Å². The molecule has 4 heteroatoms. The number of hydrogen-bond acceptors (Lipinski definition) is 4. The molecule has 15 heavy (non-hydrogen) atoms. The summed E-state index contributed by atoms with van der Waals surface area (Å²) in [6.45, 7) is 5.37. The Morgan fingerprint density at radius 2 is 2.33 bits per heavy atom. The summed E-state index contributed by atoms with van der Waals surface area (Å²) >= 11 is 0. The first kappa shape index (κ1) is 10.6. The molecule has 84 valence electrons. The first-order valence-electron chi connectivity index (χ1n) is 5.53. The van der Waals surface area contributed by atoms with Crippen LogP contribution in [0.3, 0.4) is 0 Å². The van der Waals surface area contributed by atoms with Crippen LogP contribution in [0.15, 0.2) is 4.42 Å². The van der Waals surface area contributed by atoms with Crippen LogP contribution in [0.5, 0.6) is 0 Å². The fraction of sp³-hybridized carbons (Fsp3) is 0.727. The van der Waals surface area contributed by atoms with Crippen molar-refractivity contribution in [1.82, 2.24) is 4.98 Å². The van der Waals surface area contributed by atoms with E-state index in [9.17, 15) is 0 Å². The zero-order valence-electron chi connectivity index (χ0n) is 9.32. The van der Waals surface area contributed by atoms with E-state index in [4.69, 9.17) is 14.9 Å². The van der Waals surface area contributed by atoms with Gasteiger partial charge in [-0.25, -0.2) is 4.98 Å². The molecule has 0 saturated carbocycles. The van der Waals surface area contributed by atoms with Crippen LogP contribution in [0.25, 0.3) is 0 Å². The average molecular weight is 210 g/mol.